The van der Waals surface area contributed by atoms with Crippen LogP contribution in [0.2, 0.25) is 0 Å². The molecule has 3 rings (SSSR count). The molecule has 1 amide bonds. The van der Waals surface area contributed by atoms with Gasteiger partial charge < -0.3 is 19.6 Å². The van der Waals surface area contributed by atoms with Crippen LogP contribution in [0.25, 0.3) is 5.76 Å². The number of rotatable bonds is 9. The van der Waals surface area contributed by atoms with E-state index in [4.69, 9.17) is 4.74 Å². The Bertz CT molecular complexity index is 998. The van der Waals surface area contributed by atoms with Crippen molar-refractivity contribution < 1.29 is 19.4 Å². The molecule has 1 fully saturated rings. The number of aryl methyl sites for hydroxylation is 1. The fourth-order valence-corrected chi connectivity index (χ4v) is 3.84. The second-order valence-electron chi connectivity index (χ2n) is 8.39. The van der Waals surface area contributed by atoms with Crippen LogP contribution in [0.15, 0.2) is 54.1 Å². The van der Waals surface area contributed by atoms with E-state index >= 15 is 0 Å². The Morgan fingerprint density at radius 1 is 1.12 bits per heavy atom. The van der Waals surface area contributed by atoms with E-state index in [0.717, 1.165) is 29.7 Å². The maximum atomic E-state index is 13.0. The summed E-state index contributed by atoms with van der Waals surface area (Å²) in [5.74, 6) is -0.650. The van der Waals surface area contributed by atoms with Crippen molar-refractivity contribution in [3.05, 3.63) is 70.8 Å². The minimum Gasteiger partial charge on any atom is -0.507 e. The quantitative estimate of drug-likeness (QED) is 0.277. The third kappa shape index (κ3) is 5.02. The van der Waals surface area contributed by atoms with Gasteiger partial charge in [0.05, 0.1) is 18.2 Å². The molecule has 1 aliphatic heterocycles. The zero-order valence-corrected chi connectivity index (χ0v) is 19.3. The zero-order valence-electron chi connectivity index (χ0n) is 19.3. The van der Waals surface area contributed by atoms with Crippen molar-refractivity contribution in [3.8, 4) is 5.75 Å². The topological polar surface area (TPSA) is 70.1 Å². The fourth-order valence-electron chi connectivity index (χ4n) is 3.84. The van der Waals surface area contributed by atoms with Crippen molar-refractivity contribution in [2.24, 2.45) is 0 Å². The first kappa shape index (κ1) is 23.5. The van der Waals surface area contributed by atoms with Gasteiger partial charge in [0.15, 0.2) is 0 Å². The number of aliphatic hydroxyl groups is 1. The van der Waals surface area contributed by atoms with Crippen molar-refractivity contribution in [3.63, 3.8) is 0 Å². The lowest BCUT2D eigenvalue weighted by atomic mass is 9.95. The van der Waals surface area contributed by atoms with Crippen molar-refractivity contribution in [2.75, 3.05) is 33.8 Å². The molecule has 170 valence electrons. The molecule has 2 aromatic carbocycles. The van der Waals surface area contributed by atoms with E-state index < -0.39 is 17.7 Å². The van der Waals surface area contributed by atoms with E-state index in [1.807, 2.05) is 56.3 Å². The summed E-state index contributed by atoms with van der Waals surface area (Å²) >= 11 is 0. The van der Waals surface area contributed by atoms with Gasteiger partial charge in [0.25, 0.3) is 11.7 Å². The molecule has 0 spiro atoms. The van der Waals surface area contributed by atoms with Crippen molar-refractivity contribution >= 4 is 17.4 Å². The monoisotopic (exact) mass is 436 g/mol. The molecule has 1 heterocycles. The summed E-state index contributed by atoms with van der Waals surface area (Å²) in [6.07, 6.45) is 2.01. The van der Waals surface area contributed by atoms with Crippen LogP contribution in [0, 0.1) is 6.92 Å². The Labute approximate surface area is 190 Å². The Hall–Kier alpha value is -3.12. The summed E-state index contributed by atoms with van der Waals surface area (Å²) in [6, 6.07) is 14.1. The van der Waals surface area contributed by atoms with Crippen LogP contribution in [0.3, 0.4) is 0 Å². The Morgan fingerprint density at radius 2 is 1.84 bits per heavy atom. The number of Topliss-reactive ketones (excluding diaryl/α,β-unsaturated/α-hetero) is 1. The third-order valence-electron chi connectivity index (χ3n) is 5.65. The molecule has 2 aromatic rings. The van der Waals surface area contributed by atoms with E-state index in [0.29, 0.717) is 25.3 Å². The minimum atomic E-state index is -0.656. The molecule has 32 heavy (non-hydrogen) atoms. The zero-order chi connectivity index (χ0) is 23.3. The highest BCUT2D eigenvalue weighted by atomic mass is 16.5. The number of hydrogen-bond donors (Lipinski definition) is 1. The predicted octanol–water partition coefficient (Wildman–Crippen LogP) is 4.16. The number of likely N-dealkylation sites (N-methyl/N-ethyl adjacent to an activating group) is 1. The van der Waals surface area contributed by atoms with Crippen molar-refractivity contribution in [2.45, 2.75) is 32.7 Å². The van der Waals surface area contributed by atoms with Gasteiger partial charge in [-0.2, -0.15) is 0 Å². The van der Waals surface area contributed by atoms with Crippen LogP contribution in [0.4, 0.5) is 0 Å². The summed E-state index contributed by atoms with van der Waals surface area (Å²) in [5.41, 5.74) is 2.28. The number of ketones is 1. The summed E-state index contributed by atoms with van der Waals surface area (Å²) in [4.78, 5) is 29.5. The maximum absolute atomic E-state index is 13.0. The second kappa shape index (κ2) is 10.5. The number of nitrogens with zero attached hydrogens (tertiary/aromatic N) is 2. The fraction of sp³-hybridized carbons (Fsp3) is 0.385. The second-order valence-corrected chi connectivity index (χ2v) is 8.39. The number of amides is 1. The largest absolute Gasteiger partial charge is 0.507 e. The maximum Gasteiger partial charge on any atom is 0.295 e. The third-order valence-corrected chi connectivity index (χ3v) is 5.65. The van der Waals surface area contributed by atoms with Crippen LogP contribution in [-0.2, 0) is 9.59 Å². The predicted molar refractivity (Wildman–Crippen MR) is 126 cm³/mol. The van der Waals surface area contributed by atoms with Crippen LogP contribution >= 0.6 is 0 Å². The molecule has 0 aromatic heterocycles. The van der Waals surface area contributed by atoms with Crippen molar-refractivity contribution in [1.29, 1.82) is 0 Å². The highest BCUT2D eigenvalue weighted by Crippen LogP contribution is 2.39. The number of likely N-dealkylation sites (tertiary alicyclic amines) is 1. The van der Waals surface area contributed by atoms with Crippen molar-refractivity contribution in [1.82, 2.24) is 9.80 Å². The Kier molecular flexibility index (Phi) is 7.70. The normalized spacial score (nSPS) is 17.9. The summed E-state index contributed by atoms with van der Waals surface area (Å²) < 4.78 is 5.81. The lowest BCUT2D eigenvalue weighted by Gasteiger charge is -2.26. The van der Waals surface area contributed by atoms with Gasteiger partial charge in [0, 0.05) is 18.7 Å². The number of carbonyl (C=O) groups is 2. The summed E-state index contributed by atoms with van der Waals surface area (Å²) in [7, 11) is 3.84. The number of benzene rings is 2. The van der Waals surface area contributed by atoms with E-state index in [2.05, 4.69) is 6.92 Å². The van der Waals surface area contributed by atoms with E-state index in [1.165, 1.54) is 0 Å². The van der Waals surface area contributed by atoms with Gasteiger partial charge >= 0.3 is 0 Å². The lowest BCUT2D eigenvalue weighted by molar-refractivity contribution is -0.140. The molecule has 0 saturated carbocycles. The molecule has 6 nitrogen and oxygen atoms in total. The van der Waals surface area contributed by atoms with Crippen LogP contribution < -0.4 is 4.74 Å². The molecule has 6 heteroatoms. The molecule has 1 aliphatic rings. The number of ether oxygens (including phenoxy) is 1. The van der Waals surface area contributed by atoms with Gasteiger partial charge in [0.1, 0.15) is 11.5 Å². The van der Waals surface area contributed by atoms with Crippen LogP contribution in [-0.4, -0.2) is 60.4 Å². The molecule has 0 aliphatic carbocycles. The van der Waals surface area contributed by atoms with Gasteiger partial charge in [-0.25, -0.2) is 0 Å². The standard InChI is InChI=1S/C26H32N2O4/c1-5-6-16-32-21-13-12-20(17-18(21)2)24(29)22-23(19-10-8-7-9-11-19)28(15-14-27(3)4)26(31)25(22)30/h7-13,17,23,29H,5-6,14-16H2,1-4H3/b24-22+. The SMILES string of the molecule is CCCCOc1ccc(/C(O)=C2\C(=O)C(=O)N(CCN(C)C)C2c2ccccc2)cc1C. The van der Waals surface area contributed by atoms with E-state index in [1.54, 1.807) is 23.1 Å². The van der Waals surface area contributed by atoms with Gasteiger partial charge in [-0.05, 0) is 56.8 Å². The van der Waals surface area contributed by atoms with E-state index in [-0.39, 0.29) is 11.3 Å². The molecule has 1 N–H and O–H groups in total. The number of aliphatic hydroxyl groups excluding tert-OH is 1. The minimum absolute atomic E-state index is 0.124. The summed E-state index contributed by atoms with van der Waals surface area (Å²) in [5, 5.41) is 11.2. The molecule has 0 bridgehead atoms. The van der Waals surface area contributed by atoms with Gasteiger partial charge in [-0.1, -0.05) is 43.7 Å². The highest BCUT2D eigenvalue weighted by molar-refractivity contribution is 6.46. The molecule has 1 saturated heterocycles. The molecule has 0 radical (unpaired) electrons. The molecular weight excluding hydrogens is 404 g/mol. The number of carbonyl (C=O) groups excluding carboxylic acids is 2. The van der Waals surface area contributed by atoms with Gasteiger partial charge in [0.2, 0.25) is 0 Å². The average Bonchev–Trinajstić information content (AvgIpc) is 3.03. The number of unbranched alkanes of at least 4 members (excludes halogenated alkanes) is 1. The average molecular weight is 437 g/mol. The Balaban J connectivity index is 2.03. The molecule has 1 unspecified atom stereocenters. The molecular formula is C26H32N2O4. The lowest BCUT2D eigenvalue weighted by Crippen LogP contribution is -2.35. The van der Waals surface area contributed by atoms with Gasteiger partial charge in [-0.15, -0.1) is 0 Å². The van der Waals surface area contributed by atoms with Crippen LogP contribution in [0.1, 0.15) is 42.5 Å². The number of hydrogen-bond acceptors (Lipinski definition) is 5. The first-order valence-corrected chi connectivity index (χ1v) is 11.1. The Morgan fingerprint density at radius 3 is 2.47 bits per heavy atom. The van der Waals surface area contributed by atoms with Gasteiger partial charge in [-0.3, -0.25) is 9.59 Å². The first-order valence-electron chi connectivity index (χ1n) is 11.1. The summed E-state index contributed by atoms with van der Waals surface area (Å²) in [6.45, 7) is 5.64. The molecule has 1 atom stereocenters. The first-order chi connectivity index (χ1) is 15.3. The van der Waals surface area contributed by atoms with E-state index in [9.17, 15) is 14.7 Å². The van der Waals surface area contributed by atoms with Crippen LogP contribution in [0.5, 0.6) is 5.75 Å². The highest BCUT2D eigenvalue weighted by Gasteiger charge is 2.45. The smallest absolute Gasteiger partial charge is 0.295 e.